The van der Waals surface area contributed by atoms with Gasteiger partial charge in [0.1, 0.15) is 0 Å². The molecule has 1 aliphatic carbocycles. The maximum Gasteiger partial charge on any atom is 0.222 e. The Bertz CT molecular complexity index is 355. The zero-order valence-electron chi connectivity index (χ0n) is 10.9. The van der Waals surface area contributed by atoms with Gasteiger partial charge in [0.15, 0.2) is 5.76 Å². The molecule has 0 atom stereocenters. The molecule has 2 nitrogen and oxygen atoms in total. The van der Waals surface area contributed by atoms with Crippen molar-refractivity contribution < 1.29 is 9.90 Å². The standard InChI is InChI=1S/C14H22O2/c1-6-10(7-2)12-9(3)13(16)11(15)8-14(12,4)5/h8,10,15H,6-7H2,1-5H3. The molecule has 0 heterocycles. The van der Waals surface area contributed by atoms with E-state index in [1.54, 1.807) is 6.08 Å². The van der Waals surface area contributed by atoms with Crippen LogP contribution in [0.15, 0.2) is 23.0 Å². The third kappa shape index (κ3) is 2.06. The maximum absolute atomic E-state index is 11.8. The Balaban J connectivity index is 3.28. The summed E-state index contributed by atoms with van der Waals surface area (Å²) in [6.07, 6.45) is 3.76. The number of carbonyl (C=O) groups is 1. The van der Waals surface area contributed by atoms with Crippen molar-refractivity contribution in [1.82, 2.24) is 0 Å². The second kappa shape index (κ2) is 4.44. The van der Waals surface area contributed by atoms with Gasteiger partial charge < -0.3 is 5.11 Å². The van der Waals surface area contributed by atoms with Crippen LogP contribution in [0.3, 0.4) is 0 Å². The summed E-state index contributed by atoms with van der Waals surface area (Å²) >= 11 is 0. The van der Waals surface area contributed by atoms with E-state index < -0.39 is 0 Å². The molecule has 0 spiro atoms. The van der Waals surface area contributed by atoms with Crippen molar-refractivity contribution in [2.75, 3.05) is 0 Å². The normalized spacial score (nSPS) is 20.4. The van der Waals surface area contributed by atoms with Gasteiger partial charge in [0.25, 0.3) is 0 Å². The van der Waals surface area contributed by atoms with Crippen LogP contribution >= 0.6 is 0 Å². The van der Waals surface area contributed by atoms with Crippen molar-refractivity contribution in [2.45, 2.75) is 47.5 Å². The molecule has 0 amide bonds. The number of aliphatic hydroxyl groups is 1. The van der Waals surface area contributed by atoms with E-state index in [2.05, 4.69) is 27.7 Å². The zero-order chi connectivity index (χ0) is 12.5. The molecule has 90 valence electrons. The van der Waals surface area contributed by atoms with Crippen LogP contribution in [0.25, 0.3) is 0 Å². The van der Waals surface area contributed by atoms with Gasteiger partial charge in [0.05, 0.1) is 0 Å². The van der Waals surface area contributed by atoms with E-state index in [-0.39, 0.29) is 17.0 Å². The fourth-order valence-corrected chi connectivity index (χ4v) is 2.81. The summed E-state index contributed by atoms with van der Waals surface area (Å²) in [6.45, 7) is 10.3. The van der Waals surface area contributed by atoms with Gasteiger partial charge in [-0.2, -0.15) is 0 Å². The third-order valence-electron chi connectivity index (χ3n) is 3.56. The predicted molar refractivity (Wildman–Crippen MR) is 66.3 cm³/mol. The van der Waals surface area contributed by atoms with Gasteiger partial charge >= 0.3 is 0 Å². The fraction of sp³-hybridized carbons (Fsp3) is 0.643. The van der Waals surface area contributed by atoms with E-state index in [0.717, 1.165) is 18.4 Å². The number of allylic oxidation sites excluding steroid dienone is 3. The fourth-order valence-electron chi connectivity index (χ4n) is 2.81. The molecule has 0 bridgehead atoms. The number of rotatable bonds is 3. The van der Waals surface area contributed by atoms with E-state index in [0.29, 0.717) is 5.92 Å². The van der Waals surface area contributed by atoms with E-state index in [1.807, 2.05) is 6.92 Å². The minimum Gasteiger partial charge on any atom is -0.504 e. The number of ketones is 1. The molecule has 1 rings (SSSR count). The number of carbonyl (C=O) groups excluding carboxylic acids is 1. The van der Waals surface area contributed by atoms with Crippen LogP contribution in [-0.4, -0.2) is 10.9 Å². The molecular weight excluding hydrogens is 200 g/mol. The van der Waals surface area contributed by atoms with Crippen LogP contribution in [0, 0.1) is 11.3 Å². The summed E-state index contributed by atoms with van der Waals surface area (Å²) in [6, 6.07) is 0. The highest BCUT2D eigenvalue weighted by Crippen LogP contribution is 2.42. The summed E-state index contributed by atoms with van der Waals surface area (Å²) < 4.78 is 0. The second-order valence-corrected chi connectivity index (χ2v) is 5.13. The van der Waals surface area contributed by atoms with Gasteiger partial charge in [-0.05, 0) is 31.8 Å². The van der Waals surface area contributed by atoms with Crippen molar-refractivity contribution in [3.8, 4) is 0 Å². The van der Waals surface area contributed by atoms with Crippen molar-refractivity contribution in [1.29, 1.82) is 0 Å². The highest BCUT2D eigenvalue weighted by molar-refractivity contribution is 6.08. The highest BCUT2D eigenvalue weighted by atomic mass is 16.3. The quantitative estimate of drug-likeness (QED) is 0.788. The van der Waals surface area contributed by atoms with E-state index in [9.17, 15) is 9.90 Å². The molecule has 1 N–H and O–H groups in total. The SMILES string of the molecule is CCC(CC)C1=C(C)C(=O)C(O)=CC1(C)C. The van der Waals surface area contributed by atoms with Crippen molar-refractivity contribution in [3.05, 3.63) is 23.0 Å². The lowest BCUT2D eigenvalue weighted by molar-refractivity contribution is -0.115. The Morgan fingerprint density at radius 2 is 1.81 bits per heavy atom. The number of aliphatic hydroxyl groups excluding tert-OH is 1. The molecule has 1 aliphatic rings. The molecule has 0 aliphatic heterocycles. The van der Waals surface area contributed by atoms with Gasteiger partial charge in [0, 0.05) is 11.0 Å². The van der Waals surface area contributed by atoms with Gasteiger partial charge in [-0.25, -0.2) is 0 Å². The van der Waals surface area contributed by atoms with E-state index >= 15 is 0 Å². The van der Waals surface area contributed by atoms with Gasteiger partial charge in [-0.1, -0.05) is 33.3 Å². The van der Waals surface area contributed by atoms with Crippen LogP contribution in [-0.2, 0) is 4.79 Å². The first-order valence-corrected chi connectivity index (χ1v) is 6.02. The predicted octanol–water partition coefficient (Wildman–Crippen LogP) is 3.79. The average molecular weight is 222 g/mol. The third-order valence-corrected chi connectivity index (χ3v) is 3.56. The topological polar surface area (TPSA) is 37.3 Å². The highest BCUT2D eigenvalue weighted by Gasteiger charge is 2.35. The minimum atomic E-state index is -0.210. The van der Waals surface area contributed by atoms with Crippen LogP contribution in [0.1, 0.15) is 47.5 Å². The lowest BCUT2D eigenvalue weighted by atomic mass is 9.69. The van der Waals surface area contributed by atoms with Gasteiger partial charge in [0.2, 0.25) is 5.78 Å². The number of hydrogen-bond donors (Lipinski definition) is 1. The molecule has 0 saturated heterocycles. The summed E-state index contributed by atoms with van der Waals surface area (Å²) in [5.41, 5.74) is 1.72. The Morgan fingerprint density at radius 3 is 2.25 bits per heavy atom. The maximum atomic E-state index is 11.8. The number of Topliss-reactive ketones (excluding diaryl/α,β-unsaturated/α-hetero) is 1. The minimum absolute atomic E-state index is 0.0998. The van der Waals surface area contributed by atoms with Crippen LogP contribution < -0.4 is 0 Å². The second-order valence-electron chi connectivity index (χ2n) is 5.13. The smallest absolute Gasteiger partial charge is 0.222 e. The molecule has 2 heteroatoms. The molecule has 0 aromatic rings. The van der Waals surface area contributed by atoms with Crippen LogP contribution in [0.2, 0.25) is 0 Å². The zero-order valence-corrected chi connectivity index (χ0v) is 10.9. The van der Waals surface area contributed by atoms with Crippen molar-refractivity contribution >= 4 is 5.78 Å². The Labute approximate surface area is 98.1 Å². The first kappa shape index (κ1) is 13.0. The largest absolute Gasteiger partial charge is 0.504 e. The van der Waals surface area contributed by atoms with Crippen molar-refractivity contribution in [2.24, 2.45) is 11.3 Å². The lowest BCUT2D eigenvalue weighted by Gasteiger charge is -2.35. The average Bonchev–Trinajstić information content (AvgIpc) is 2.20. The first-order chi connectivity index (χ1) is 7.35. The summed E-state index contributed by atoms with van der Waals surface area (Å²) in [7, 11) is 0. The molecule has 0 radical (unpaired) electrons. The molecular formula is C14H22O2. The first-order valence-electron chi connectivity index (χ1n) is 6.02. The molecule has 0 fully saturated rings. The van der Waals surface area contributed by atoms with Crippen LogP contribution in [0.4, 0.5) is 0 Å². The number of hydrogen-bond acceptors (Lipinski definition) is 2. The van der Waals surface area contributed by atoms with Gasteiger partial charge in [-0.15, -0.1) is 0 Å². The molecule has 16 heavy (non-hydrogen) atoms. The van der Waals surface area contributed by atoms with E-state index in [1.165, 1.54) is 5.57 Å². The monoisotopic (exact) mass is 222 g/mol. The lowest BCUT2D eigenvalue weighted by Crippen LogP contribution is -2.28. The summed E-state index contributed by atoms with van der Waals surface area (Å²) in [4.78, 5) is 11.8. The Hall–Kier alpha value is -1.05. The molecule has 0 unspecified atom stereocenters. The van der Waals surface area contributed by atoms with Crippen LogP contribution in [0.5, 0.6) is 0 Å². The summed E-state index contributed by atoms with van der Waals surface area (Å²) in [5.74, 6) is 0.127. The Kier molecular flexibility index (Phi) is 3.61. The molecule has 0 aromatic carbocycles. The van der Waals surface area contributed by atoms with Gasteiger partial charge in [-0.3, -0.25) is 4.79 Å². The van der Waals surface area contributed by atoms with E-state index in [4.69, 9.17) is 0 Å². The summed E-state index contributed by atoms with van der Waals surface area (Å²) in [5, 5.41) is 9.61. The molecule has 0 saturated carbocycles. The Morgan fingerprint density at radius 1 is 1.31 bits per heavy atom. The molecule has 0 aromatic heterocycles. The van der Waals surface area contributed by atoms with Crippen molar-refractivity contribution in [3.63, 3.8) is 0 Å².